The van der Waals surface area contributed by atoms with Crippen molar-refractivity contribution in [1.82, 2.24) is 0 Å². The lowest BCUT2D eigenvalue weighted by atomic mass is 10.1. The van der Waals surface area contributed by atoms with Gasteiger partial charge in [-0.15, -0.1) is 0 Å². The van der Waals surface area contributed by atoms with Crippen molar-refractivity contribution >= 4 is 11.0 Å². The summed E-state index contributed by atoms with van der Waals surface area (Å²) in [7, 11) is 1.63. The summed E-state index contributed by atoms with van der Waals surface area (Å²) in [5.74, 6) is 1.43. The van der Waals surface area contributed by atoms with E-state index in [1.54, 1.807) is 13.2 Å². The lowest BCUT2D eigenvalue weighted by Crippen LogP contribution is -2.04. The van der Waals surface area contributed by atoms with Crippen LogP contribution in [0.1, 0.15) is 11.1 Å². The van der Waals surface area contributed by atoms with Crippen molar-refractivity contribution in [3.05, 3.63) is 58.9 Å². The summed E-state index contributed by atoms with van der Waals surface area (Å²) in [6.07, 6.45) is 0. The van der Waals surface area contributed by atoms with Gasteiger partial charge in [0.05, 0.1) is 7.11 Å². The number of aryl methyl sites for hydroxylation is 2. The van der Waals surface area contributed by atoms with E-state index in [-0.39, 0.29) is 0 Å². The molecule has 0 aliphatic rings. The van der Waals surface area contributed by atoms with Crippen LogP contribution in [0.15, 0.2) is 52.0 Å². The molecule has 0 saturated heterocycles. The van der Waals surface area contributed by atoms with Gasteiger partial charge in [0.25, 0.3) is 0 Å². The van der Waals surface area contributed by atoms with Crippen molar-refractivity contribution in [1.29, 1.82) is 0 Å². The molecular weight excluding hydrogens is 278 g/mol. The number of rotatable bonds is 2. The molecule has 1 N–H and O–H groups in total. The molecule has 0 aliphatic heterocycles. The van der Waals surface area contributed by atoms with Gasteiger partial charge in [-0.3, -0.25) is 0 Å². The van der Waals surface area contributed by atoms with Crippen molar-refractivity contribution in [2.75, 3.05) is 7.11 Å². The van der Waals surface area contributed by atoms with Gasteiger partial charge in [0.15, 0.2) is 0 Å². The van der Waals surface area contributed by atoms with Gasteiger partial charge in [0.2, 0.25) is 0 Å². The number of ether oxygens (including phenoxy) is 1. The zero-order valence-electron chi connectivity index (χ0n) is 12.8. The third-order valence-corrected chi connectivity index (χ3v) is 3.66. The Labute approximate surface area is 128 Å². The van der Waals surface area contributed by atoms with Gasteiger partial charge in [-0.2, -0.15) is 0 Å². The molecule has 4 nitrogen and oxygen atoms in total. The van der Waals surface area contributed by atoms with Crippen molar-refractivity contribution in [3.63, 3.8) is 0 Å². The molecular formula is C18H17NO3. The molecule has 22 heavy (non-hydrogen) atoms. The molecule has 0 amide bonds. The van der Waals surface area contributed by atoms with E-state index in [4.69, 9.17) is 9.15 Å². The van der Waals surface area contributed by atoms with Crippen LogP contribution in [-0.2, 0) is 0 Å². The van der Waals surface area contributed by atoms with E-state index >= 15 is 0 Å². The minimum absolute atomic E-state index is 0.499. The fourth-order valence-corrected chi connectivity index (χ4v) is 2.60. The molecule has 1 heterocycles. The van der Waals surface area contributed by atoms with Crippen molar-refractivity contribution in [2.45, 2.75) is 13.8 Å². The zero-order valence-corrected chi connectivity index (χ0v) is 12.8. The number of benzene rings is 2. The van der Waals surface area contributed by atoms with Gasteiger partial charge < -0.3 is 14.4 Å². The molecule has 3 aromatic rings. The monoisotopic (exact) mass is 295 g/mol. The third-order valence-electron chi connectivity index (χ3n) is 3.66. The van der Waals surface area contributed by atoms with Crippen molar-refractivity contribution in [2.24, 2.45) is 5.16 Å². The molecule has 0 atom stereocenters. The smallest absolute Gasteiger partial charge is 0.139 e. The summed E-state index contributed by atoms with van der Waals surface area (Å²) in [5.41, 5.74) is 3.73. The second-order valence-electron chi connectivity index (χ2n) is 5.28. The second-order valence-corrected chi connectivity index (χ2v) is 5.28. The fourth-order valence-electron chi connectivity index (χ4n) is 2.60. The van der Waals surface area contributed by atoms with Gasteiger partial charge in [-0.25, -0.2) is 0 Å². The highest BCUT2D eigenvalue weighted by Gasteiger charge is 2.09. The minimum Gasteiger partial charge on any atom is -0.497 e. The predicted molar refractivity (Wildman–Crippen MR) is 85.0 cm³/mol. The maximum atomic E-state index is 9.33. The van der Waals surface area contributed by atoms with Gasteiger partial charge in [-0.1, -0.05) is 11.2 Å². The van der Waals surface area contributed by atoms with E-state index in [1.807, 2.05) is 50.2 Å². The summed E-state index contributed by atoms with van der Waals surface area (Å²) >= 11 is 0. The highest BCUT2D eigenvalue weighted by Crippen LogP contribution is 2.26. The van der Waals surface area contributed by atoms with E-state index in [0.29, 0.717) is 11.1 Å². The standard InChI is InChI=1S/C18H17NO3/c1-11-8-12(2)18-15(9-11)16(19-20)10-17(22-18)13-4-6-14(21-3)7-5-13/h4-10,20H,1-3H3/b19-16+. The Bertz CT molecular complexity index is 893. The Balaban J connectivity index is 2.27. The van der Waals surface area contributed by atoms with Gasteiger partial charge >= 0.3 is 0 Å². The highest BCUT2D eigenvalue weighted by molar-refractivity contribution is 5.82. The number of hydrogen-bond donors (Lipinski definition) is 1. The average Bonchev–Trinajstić information content (AvgIpc) is 2.54. The van der Waals surface area contributed by atoms with Crippen LogP contribution in [0.25, 0.3) is 22.3 Å². The summed E-state index contributed by atoms with van der Waals surface area (Å²) < 4.78 is 11.2. The summed E-state index contributed by atoms with van der Waals surface area (Å²) in [5, 5.41) is 14.1. The molecule has 0 aliphatic carbocycles. The van der Waals surface area contributed by atoms with E-state index in [9.17, 15) is 5.21 Å². The predicted octanol–water partition coefficient (Wildman–Crippen LogP) is 4.02. The van der Waals surface area contributed by atoms with Gasteiger partial charge in [0, 0.05) is 17.0 Å². The van der Waals surface area contributed by atoms with Crippen LogP contribution in [0.5, 0.6) is 5.75 Å². The zero-order chi connectivity index (χ0) is 15.7. The third kappa shape index (κ3) is 2.44. The molecule has 0 spiro atoms. The van der Waals surface area contributed by atoms with Crippen LogP contribution in [0.4, 0.5) is 0 Å². The van der Waals surface area contributed by atoms with Crippen LogP contribution in [-0.4, -0.2) is 12.3 Å². The number of fused-ring (bicyclic) bond motifs is 1. The average molecular weight is 295 g/mol. The fraction of sp³-hybridized carbons (Fsp3) is 0.167. The first kappa shape index (κ1) is 14.2. The lowest BCUT2D eigenvalue weighted by molar-refractivity contribution is 0.302. The lowest BCUT2D eigenvalue weighted by Gasteiger charge is -2.08. The first-order valence-corrected chi connectivity index (χ1v) is 7.00. The van der Waals surface area contributed by atoms with Crippen LogP contribution in [0.2, 0.25) is 0 Å². The summed E-state index contributed by atoms with van der Waals surface area (Å²) in [6, 6.07) is 13.3. The molecule has 0 unspecified atom stereocenters. The van der Waals surface area contributed by atoms with Crippen LogP contribution in [0.3, 0.4) is 0 Å². The topological polar surface area (TPSA) is 55.0 Å². The Hall–Kier alpha value is -2.75. The van der Waals surface area contributed by atoms with E-state index in [0.717, 1.165) is 33.4 Å². The van der Waals surface area contributed by atoms with Crippen LogP contribution >= 0.6 is 0 Å². The SMILES string of the molecule is COc1ccc(-c2c/c(=N\O)c3cc(C)cc(C)c3o2)cc1. The normalized spacial score (nSPS) is 11.9. The highest BCUT2D eigenvalue weighted by atomic mass is 16.5. The van der Waals surface area contributed by atoms with Crippen molar-refractivity contribution < 1.29 is 14.4 Å². The van der Waals surface area contributed by atoms with Crippen LogP contribution in [0, 0.1) is 13.8 Å². The second kappa shape index (κ2) is 5.56. The van der Waals surface area contributed by atoms with Crippen LogP contribution < -0.4 is 10.1 Å². The first-order valence-electron chi connectivity index (χ1n) is 7.00. The van der Waals surface area contributed by atoms with E-state index < -0.39 is 0 Å². The maximum Gasteiger partial charge on any atom is 0.139 e. The summed E-state index contributed by atoms with van der Waals surface area (Å²) in [6.45, 7) is 3.99. The number of hydrogen-bond acceptors (Lipinski definition) is 4. The largest absolute Gasteiger partial charge is 0.497 e. The minimum atomic E-state index is 0.499. The maximum absolute atomic E-state index is 9.33. The van der Waals surface area contributed by atoms with Gasteiger partial charge in [0.1, 0.15) is 22.5 Å². The Morgan fingerprint density at radius 2 is 1.77 bits per heavy atom. The van der Waals surface area contributed by atoms with Crippen molar-refractivity contribution in [3.8, 4) is 17.1 Å². The summed E-state index contributed by atoms with van der Waals surface area (Å²) in [4.78, 5) is 0. The van der Waals surface area contributed by atoms with E-state index in [2.05, 4.69) is 5.16 Å². The molecule has 112 valence electrons. The molecule has 1 aromatic heterocycles. The van der Waals surface area contributed by atoms with Gasteiger partial charge in [-0.05, 0) is 55.3 Å². The van der Waals surface area contributed by atoms with E-state index in [1.165, 1.54) is 0 Å². The molecule has 4 heteroatoms. The number of nitrogens with zero attached hydrogens (tertiary/aromatic N) is 1. The Kier molecular flexibility index (Phi) is 3.59. The molecule has 2 aromatic carbocycles. The molecule has 0 radical (unpaired) electrons. The Morgan fingerprint density at radius 1 is 1.05 bits per heavy atom. The molecule has 0 saturated carbocycles. The number of methoxy groups -OCH3 is 1. The molecule has 0 bridgehead atoms. The quantitative estimate of drug-likeness (QED) is 0.574. The first-order chi connectivity index (χ1) is 10.6. The molecule has 0 fully saturated rings. The molecule has 3 rings (SSSR count). The Morgan fingerprint density at radius 3 is 2.41 bits per heavy atom.